The highest BCUT2D eigenvalue weighted by molar-refractivity contribution is 5.91. The Labute approximate surface area is 125 Å². The lowest BCUT2D eigenvalue weighted by Gasteiger charge is -2.22. The molecule has 0 aromatic carbocycles. The van der Waals surface area contributed by atoms with Crippen molar-refractivity contribution in [2.24, 2.45) is 0 Å². The Balaban J connectivity index is 2.28. The molecule has 1 atom stereocenters. The summed E-state index contributed by atoms with van der Waals surface area (Å²) in [5.74, 6) is 0. The summed E-state index contributed by atoms with van der Waals surface area (Å²) < 4.78 is 5.10. The number of carbonyl (C=O) groups excluding carboxylic acids is 3. The molecule has 1 unspecified atom stereocenters. The average Bonchev–Trinajstić information content (AvgIpc) is 3.31. The van der Waals surface area contributed by atoms with Gasteiger partial charge in [-0.05, 0) is 38.5 Å². The largest absolute Gasteiger partial charge is 0.373 e. The molecule has 6 heteroatoms. The summed E-state index contributed by atoms with van der Waals surface area (Å²) in [4.78, 5) is 36.2. The number of unbranched alkanes of at least 4 members (excludes halogenated alkanes) is 3. The van der Waals surface area contributed by atoms with Crippen LogP contribution in [-0.4, -0.2) is 54.5 Å². The summed E-state index contributed by atoms with van der Waals surface area (Å²) in [6, 6.07) is -0.540. The quantitative estimate of drug-likeness (QED) is 0.239. The van der Waals surface area contributed by atoms with Crippen LogP contribution in [0.3, 0.4) is 0 Å². The molecule has 0 radical (unpaired) electrons. The van der Waals surface area contributed by atoms with Gasteiger partial charge in [-0.25, -0.2) is 4.79 Å². The van der Waals surface area contributed by atoms with Crippen LogP contribution >= 0.6 is 0 Å². The van der Waals surface area contributed by atoms with E-state index in [-0.39, 0.29) is 0 Å². The van der Waals surface area contributed by atoms with Crippen LogP contribution in [0, 0.1) is 0 Å². The van der Waals surface area contributed by atoms with Crippen LogP contribution in [0.1, 0.15) is 38.5 Å². The minimum Gasteiger partial charge on any atom is -0.373 e. The Hall–Kier alpha value is -1.69. The first-order chi connectivity index (χ1) is 10.2. The van der Waals surface area contributed by atoms with Crippen LogP contribution in [0.2, 0.25) is 0 Å². The van der Waals surface area contributed by atoms with Crippen LogP contribution in [0.4, 0.5) is 4.79 Å². The number of carbonyl (C=O) groups is 3. The van der Waals surface area contributed by atoms with Crippen LogP contribution < -0.4 is 0 Å². The second kappa shape index (κ2) is 10.1. The van der Waals surface area contributed by atoms with Crippen molar-refractivity contribution in [1.29, 1.82) is 0 Å². The van der Waals surface area contributed by atoms with Crippen LogP contribution in [-0.2, 0) is 14.3 Å². The van der Waals surface area contributed by atoms with E-state index in [1.54, 1.807) is 6.08 Å². The number of allylic oxidation sites excluding steroid dienone is 1. The molecular weight excluding hydrogens is 272 g/mol. The van der Waals surface area contributed by atoms with E-state index in [0.717, 1.165) is 48.5 Å². The summed E-state index contributed by atoms with van der Waals surface area (Å²) in [7, 11) is 0. The van der Waals surface area contributed by atoms with Crippen molar-refractivity contribution in [2.75, 3.05) is 19.7 Å². The predicted molar refractivity (Wildman–Crippen MR) is 78.6 cm³/mol. The molecule has 4 amide bonds. The lowest BCUT2D eigenvalue weighted by atomic mass is 10.2. The number of rotatable bonds is 12. The minimum absolute atomic E-state index is 0.330. The number of urea groups is 1. The maximum atomic E-state index is 12.1. The van der Waals surface area contributed by atoms with Crippen molar-refractivity contribution in [1.82, 2.24) is 9.80 Å². The second-order valence-electron chi connectivity index (χ2n) is 5.12. The molecule has 1 heterocycles. The molecule has 1 aliphatic rings. The Morgan fingerprint density at radius 1 is 1.10 bits per heavy atom. The van der Waals surface area contributed by atoms with E-state index in [1.165, 1.54) is 0 Å². The molecule has 0 aliphatic carbocycles. The van der Waals surface area contributed by atoms with Gasteiger partial charge in [0, 0.05) is 13.1 Å². The number of hydrogen-bond acceptors (Lipinski definition) is 4. The van der Waals surface area contributed by atoms with E-state index >= 15 is 0 Å². The molecule has 1 rings (SSSR count). The minimum atomic E-state index is -0.540. The summed E-state index contributed by atoms with van der Waals surface area (Å²) in [6.45, 7) is 5.11. The maximum Gasteiger partial charge on any atom is 0.332 e. The summed E-state index contributed by atoms with van der Waals surface area (Å²) in [6.07, 6.45) is 8.17. The van der Waals surface area contributed by atoms with Crippen molar-refractivity contribution in [3.8, 4) is 0 Å². The van der Waals surface area contributed by atoms with Gasteiger partial charge in [-0.1, -0.05) is 6.08 Å². The fourth-order valence-electron chi connectivity index (χ4n) is 2.01. The van der Waals surface area contributed by atoms with Gasteiger partial charge in [-0.3, -0.25) is 19.4 Å². The molecule has 1 fully saturated rings. The molecule has 1 saturated heterocycles. The highest BCUT2D eigenvalue weighted by atomic mass is 16.6. The van der Waals surface area contributed by atoms with Gasteiger partial charge >= 0.3 is 6.03 Å². The number of amides is 4. The highest BCUT2D eigenvalue weighted by Crippen LogP contribution is 2.16. The van der Waals surface area contributed by atoms with Crippen LogP contribution in [0.25, 0.3) is 0 Å². The Kier molecular flexibility index (Phi) is 8.35. The lowest BCUT2D eigenvalue weighted by molar-refractivity contribution is -0.118. The van der Waals surface area contributed by atoms with Gasteiger partial charge in [0.2, 0.25) is 12.8 Å². The van der Waals surface area contributed by atoms with E-state index in [2.05, 4.69) is 6.58 Å². The molecule has 0 saturated carbocycles. The fraction of sp³-hybridized carbons (Fsp3) is 0.667. The zero-order chi connectivity index (χ0) is 15.5. The Bertz CT molecular complexity index is 356. The predicted octanol–water partition coefficient (Wildman–Crippen LogP) is 1.95. The molecule has 21 heavy (non-hydrogen) atoms. The standard InChI is InChI=1S/C15H24N2O4/c1-2-3-4-6-9-16(12-18)15(20)17(13-19)10-7-5-8-14-11-21-14/h2,12-14H,1,3-11H2. The zero-order valence-electron chi connectivity index (χ0n) is 12.4. The van der Waals surface area contributed by atoms with Gasteiger partial charge in [-0.15, -0.1) is 6.58 Å². The van der Waals surface area contributed by atoms with Crippen LogP contribution in [0.5, 0.6) is 0 Å². The zero-order valence-corrected chi connectivity index (χ0v) is 12.4. The van der Waals surface area contributed by atoms with Gasteiger partial charge < -0.3 is 4.74 Å². The molecule has 118 valence electrons. The maximum absolute atomic E-state index is 12.1. The van der Waals surface area contributed by atoms with Crippen molar-refractivity contribution < 1.29 is 19.1 Å². The smallest absolute Gasteiger partial charge is 0.332 e. The van der Waals surface area contributed by atoms with E-state index in [4.69, 9.17) is 4.74 Å². The Morgan fingerprint density at radius 2 is 1.67 bits per heavy atom. The van der Waals surface area contributed by atoms with Crippen molar-refractivity contribution in [3.63, 3.8) is 0 Å². The van der Waals surface area contributed by atoms with Gasteiger partial charge in [0.1, 0.15) is 0 Å². The Morgan fingerprint density at radius 3 is 2.14 bits per heavy atom. The topological polar surface area (TPSA) is 70.2 Å². The number of epoxide rings is 1. The normalized spacial score (nSPS) is 16.1. The third-order valence-electron chi connectivity index (χ3n) is 3.38. The number of hydrogen-bond donors (Lipinski definition) is 0. The lowest BCUT2D eigenvalue weighted by Crippen LogP contribution is -2.42. The van der Waals surface area contributed by atoms with E-state index in [9.17, 15) is 14.4 Å². The first-order valence-corrected chi connectivity index (χ1v) is 7.43. The van der Waals surface area contributed by atoms with E-state index in [0.29, 0.717) is 38.4 Å². The molecule has 0 bridgehead atoms. The van der Waals surface area contributed by atoms with Crippen LogP contribution in [0.15, 0.2) is 12.7 Å². The SMILES string of the molecule is C=CCCCCN(C=O)C(=O)N(C=O)CCCCC1CO1. The summed E-state index contributed by atoms with van der Waals surface area (Å²) in [5.41, 5.74) is 0. The van der Waals surface area contributed by atoms with Crippen molar-refractivity contribution in [3.05, 3.63) is 12.7 Å². The number of ether oxygens (including phenoxy) is 1. The molecule has 0 aromatic rings. The average molecular weight is 296 g/mol. The third-order valence-corrected chi connectivity index (χ3v) is 3.38. The first kappa shape index (κ1) is 17.4. The molecule has 6 nitrogen and oxygen atoms in total. The molecule has 0 N–H and O–H groups in total. The monoisotopic (exact) mass is 296 g/mol. The van der Waals surface area contributed by atoms with E-state index < -0.39 is 6.03 Å². The first-order valence-electron chi connectivity index (χ1n) is 7.43. The number of imide groups is 2. The molecular formula is C15H24N2O4. The molecule has 0 aromatic heterocycles. The van der Waals surface area contributed by atoms with Crippen molar-refractivity contribution in [2.45, 2.75) is 44.6 Å². The van der Waals surface area contributed by atoms with Gasteiger partial charge in [0.05, 0.1) is 12.7 Å². The van der Waals surface area contributed by atoms with Gasteiger partial charge in [0.15, 0.2) is 0 Å². The number of nitrogens with zero attached hydrogens (tertiary/aromatic N) is 2. The molecule has 0 spiro atoms. The highest BCUT2D eigenvalue weighted by Gasteiger charge is 2.22. The second-order valence-corrected chi connectivity index (χ2v) is 5.12. The van der Waals surface area contributed by atoms with Gasteiger partial charge in [-0.2, -0.15) is 0 Å². The summed E-state index contributed by atoms with van der Waals surface area (Å²) >= 11 is 0. The van der Waals surface area contributed by atoms with E-state index in [1.807, 2.05) is 0 Å². The third kappa shape index (κ3) is 7.04. The van der Waals surface area contributed by atoms with Crippen molar-refractivity contribution >= 4 is 18.9 Å². The molecule has 1 aliphatic heterocycles. The summed E-state index contributed by atoms with van der Waals surface area (Å²) in [5, 5.41) is 0. The van der Waals surface area contributed by atoms with Gasteiger partial charge in [0.25, 0.3) is 0 Å². The fourth-order valence-corrected chi connectivity index (χ4v) is 2.01.